The van der Waals surface area contributed by atoms with Crippen LogP contribution in [0, 0.1) is 0 Å². The number of para-hydroxylation sites is 1. The Morgan fingerprint density at radius 2 is 0.978 bits per heavy atom. The van der Waals surface area contributed by atoms with Gasteiger partial charge in [-0.05, 0) is 58.6 Å². The maximum atomic E-state index is 6.38. The fourth-order valence-corrected chi connectivity index (χ4v) is 6.67. The second-order valence-corrected chi connectivity index (χ2v) is 11.6. The van der Waals surface area contributed by atoms with E-state index in [9.17, 15) is 0 Å². The minimum Gasteiger partial charge on any atom is -0.456 e. The van der Waals surface area contributed by atoms with Gasteiger partial charge in [0.15, 0.2) is 17.5 Å². The molecule has 0 fully saturated rings. The van der Waals surface area contributed by atoms with Crippen LogP contribution in [0.25, 0.3) is 99.6 Å². The lowest BCUT2D eigenvalue weighted by Crippen LogP contribution is -2.00. The van der Waals surface area contributed by atoms with Crippen LogP contribution in [0.2, 0.25) is 0 Å². The highest BCUT2D eigenvalue weighted by Gasteiger charge is 2.19. The molecule has 7 aromatic carbocycles. The summed E-state index contributed by atoms with van der Waals surface area (Å²) in [6, 6.07) is 47.5. The van der Waals surface area contributed by atoms with Gasteiger partial charge in [-0.15, -0.1) is 0 Å². The Bertz CT molecular complexity index is 2810. The summed E-state index contributed by atoms with van der Waals surface area (Å²) in [6.07, 6.45) is 0. The normalized spacial score (nSPS) is 11.9. The molecule has 0 aliphatic carbocycles. The molecule has 3 heterocycles. The number of hydrogen-bond acceptors (Lipinski definition) is 5. The molecule has 0 aliphatic rings. The van der Waals surface area contributed by atoms with Gasteiger partial charge < -0.3 is 8.83 Å². The maximum Gasteiger partial charge on any atom is 0.164 e. The third-order valence-corrected chi connectivity index (χ3v) is 8.89. The smallest absolute Gasteiger partial charge is 0.164 e. The number of aromatic nitrogens is 3. The third kappa shape index (κ3) is 3.79. The van der Waals surface area contributed by atoms with E-state index in [0.717, 1.165) is 76.7 Å². The molecule has 5 nitrogen and oxygen atoms in total. The first-order valence-corrected chi connectivity index (χ1v) is 15.3. The number of hydrogen-bond donors (Lipinski definition) is 0. The van der Waals surface area contributed by atoms with Gasteiger partial charge in [0.1, 0.15) is 22.3 Å². The molecule has 0 radical (unpaired) electrons. The van der Waals surface area contributed by atoms with Gasteiger partial charge in [-0.3, -0.25) is 0 Å². The zero-order chi connectivity index (χ0) is 30.2. The number of rotatable bonds is 3. The monoisotopic (exact) mass is 589 g/mol. The quantitative estimate of drug-likeness (QED) is 0.205. The molecule has 46 heavy (non-hydrogen) atoms. The van der Waals surface area contributed by atoms with Gasteiger partial charge in [0, 0.05) is 43.6 Å². The topological polar surface area (TPSA) is 65.0 Å². The fraction of sp³-hybridized carbons (Fsp3) is 0. The van der Waals surface area contributed by atoms with Gasteiger partial charge >= 0.3 is 0 Å². The van der Waals surface area contributed by atoms with Crippen molar-refractivity contribution in [2.75, 3.05) is 0 Å². The summed E-state index contributed by atoms with van der Waals surface area (Å²) in [5.41, 5.74) is 6.15. The molecule has 0 saturated heterocycles. The molecule has 10 rings (SSSR count). The van der Waals surface area contributed by atoms with E-state index in [-0.39, 0.29) is 0 Å². The van der Waals surface area contributed by atoms with Crippen LogP contribution < -0.4 is 0 Å². The van der Waals surface area contributed by atoms with Gasteiger partial charge in [0.05, 0.1) is 0 Å². The molecule has 5 heteroatoms. The van der Waals surface area contributed by atoms with Gasteiger partial charge in [-0.25, -0.2) is 15.0 Å². The van der Waals surface area contributed by atoms with Gasteiger partial charge in [0.25, 0.3) is 0 Å². The Kier molecular flexibility index (Phi) is 5.22. The molecule has 0 atom stereocenters. The van der Waals surface area contributed by atoms with Crippen molar-refractivity contribution >= 4 is 65.4 Å². The van der Waals surface area contributed by atoms with Crippen molar-refractivity contribution in [1.29, 1.82) is 0 Å². The molecule has 10 aromatic rings. The van der Waals surface area contributed by atoms with Crippen molar-refractivity contribution in [3.8, 4) is 34.2 Å². The Labute approximate surface area is 262 Å². The van der Waals surface area contributed by atoms with E-state index in [2.05, 4.69) is 60.7 Å². The molecule has 0 amide bonds. The van der Waals surface area contributed by atoms with Gasteiger partial charge in [-0.2, -0.15) is 0 Å². The summed E-state index contributed by atoms with van der Waals surface area (Å²) in [5.74, 6) is 1.82. The summed E-state index contributed by atoms with van der Waals surface area (Å²) in [6.45, 7) is 0. The van der Waals surface area contributed by atoms with Crippen LogP contribution in [-0.4, -0.2) is 15.0 Å². The predicted octanol–water partition coefficient (Wildman–Crippen LogP) is 11.0. The predicted molar refractivity (Wildman–Crippen MR) is 186 cm³/mol. The lowest BCUT2D eigenvalue weighted by molar-refractivity contribution is 0.669. The Morgan fingerprint density at radius 1 is 0.348 bits per heavy atom. The average Bonchev–Trinajstić information content (AvgIpc) is 3.68. The Balaban J connectivity index is 1.24. The fourth-order valence-electron chi connectivity index (χ4n) is 6.67. The average molecular weight is 590 g/mol. The number of furan rings is 2. The molecule has 214 valence electrons. The number of nitrogens with zero attached hydrogens (tertiary/aromatic N) is 3. The highest BCUT2D eigenvalue weighted by Crippen LogP contribution is 2.40. The highest BCUT2D eigenvalue weighted by molar-refractivity contribution is 6.19. The van der Waals surface area contributed by atoms with Gasteiger partial charge in [-0.1, -0.05) is 97.1 Å². The van der Waals surface area contributed by atoms with E-state index >= 15 is 0 Å². The molecule has 3 aromatic heterocycles. The van der Waals surface area contributed by atoms with Crippen LogP contribution in [0.3, 0.4) is 0 Å². The summed E-state index contributed by atoms with van der Waals surface area (Å²) in [5, 5.41) is 8.55. The van der Waals surface area contributed by atoms with Crippen molar-refractivity contribution in [2.24, 2.45) is 0 Å². The second-order valence-electron chi connectivity index (χ2n) is 11.6. The molecular formula is C41H23N3O2. The first-order valence-electron chi connectivity index (χ1n) is 15.3. The van der Waals surface area contributed by atoms with Crippen molar-refractivity contribution in [1.82, 2.24) is 15.0 Å². The Morgan fingerprint density at radius 3 is 1.83 bits per heavy atom. The Hall–Kier alpha value is -6.33. The van der Waals surface area contributed by atoms with Crippen molar-refractivity contribution in [3.63, 3.8) is 0 Å². The minimum atomic E-state index is 0.599. The summed E-state index contributed by atoms with van der Waals surface area (Å²) < 4.78 is 12.7. The van der Waals surface area contributed by atoms with Crippen molar-refractivity contribution in [3.05, 3.63) is 140 Å². The van der Waals surface area contributed by atoms with E-state index in [4.69, 9.17) is 23.8 Å². The van der Waals surface area contributed by atoms with Crippen LogP contribution in [0.4, 0.5) is 0 Å². The third-order valence-electron chi connectivity index (χ3n) is 8.89. The number of fused-ring (bicyclic) bond motifs is 9. The molecule has 0 spiro atoms. The van der Waals surface area contributed by atoms with E-state index in [0.29, 0.717) is 17.5 Å². The summed E-state index contributed by atoms with van der Waals surface area (Å²) in [4.78, 5) is 15.3. The maximum absolute atomic E-state index is 6.38. The van der Waals surface area contributed by atoms with Crippen LogP contribution in [0.1, 0.15) is 0 Å². The van der Waals surface area contributed by atoms with Gasteiger partial charge in [0.2, 0.25) is 0 Å². The van der Waals surface area contributed by atoms with Crippen LogP contribution in [-0.2, 0) is 0 Å². The SMILES string of the molecule is c1ccc(-c2nc(-c3ccc4oc5cc6ccccc6cc5c4c3)nc(-c3cc4c5ccccc5oc4c4ccccc34)n2)cc1. The minimum absolute atomic E-state index is 0.599. The summed E-state index contributed by atoms with van der Waals surface area (Å²) in [7, 11) is 0. The number of benzene rings is 7. The molecule has 0 saturated carbocycles. The molecular weight excluding hydrogens is 566 g/mol. The summed E-state index contributed by atoms with van der Waals surface area (Å²) >= 11 is 0. The van der Waals surface area contributed by atoms with Crippen LogP contribution >= 0.6 is 0 Å². The molecule has 0 N–H and O–H groups in total. The van der Waals surface area contributed by atoms with E-state index in [1.54, 1.807) is 0 Å². The van der Waals surface area contributed by atoms with E-state index in [1.165, 1.54) is 5.39 Å². The molecule has 0 bridgehead atoms. The highest BCUT2D eigenvalue weighted by atomic mass is 16.3. The van der Waals surface area contributed by atoms with E-state index in [1.807, 2.05) is 78.9 Å². The zero-order valence-electron chi connectivity index (χ0n) is 24.4. The standard InChI is InChI=1S/C41H23N3O2/c1-2-10-24(11-3-1)39-42-40(27-18-19-36-31(21-27)32-20-25-12-4-5-13-26(25)22-37(32)45-36)44-41(43-39)34-23-33-29-15-8-9-17-35(29)46-38(33)30-16-7-6-14-28(30)34/h1-23H. The second kappa shape index (κ2) is 9.58. The lowest BCUT2D eigenvalue weighted by Gasteiger charge is -2.11. The largest absolute Gasteiger partial charge is 0.456 e. The molecule has 0 unspecified atom stereocenters. The van der Waals surface area contributed by atoms with Crippen molar-refractivity contribution in [2.45, 2.75) is 0 Å². The van der Waals surface area contributed by atoms with Crippen LogP contribution in [0.5, 0.6) is 0 Å². The van der Waals surface area contributed by atoms with Crippen molar-refractivity contribution < 1.29 is 8.83 Å². The van der Waals surface area contributed by atoms with Crippen LogP contribution in [0.15, 0.2) is 148 Å². The van der Waals surface area contributed by atoms with E-state index < -0.39 is 0 Å². The zero-order valence-corrected chi connectivity index (χ0v) is 24.4. The first-order chi connectivity index (χ1) is 22.8. The lowest BCUT2D eigenvalue weighted by atomic mass is 9.99. The first kappa shape index (κ1) is 25.0. The molecule has 0 aliphatic heterocycles.